The van der Waals surface area contributed by atoms with Crippen LogP contribution in [0.15, 0.2) is 41.2 Å². The summed E-state index contributed by atoms with van der Waals surface area (Å²) in [5, 5.41) is 7.68. The summed E-state index contributed by atoms with van der Waals surface area (Å²) in [5.41, 5.74) is 4.86. The first-order chi connectivity index (χ1) is 8.75. The van der Waals surface area contributed by atoms with E-state index in [0.29, 0.717) is 5.92 Å². The second-order valence-electron chi connectivity index (χ2n) is 4.56. The highest BCUT2D eigenvalue weighted by atomic mass is 16.6. The second kappa shape index (κ2) is 4.22. The topological polar surface area (TPSA) is 51.8 Å². The standard InChI is InChI=1S/C14H13N3O/c1-9(2)14-11(4-3-7-15-14)10-5-6-12-13(8-10)17-18-16-12/h3-9H,1-2H3. The number of rotatable bonds is 2. The van der Waals surface area contributed by atoms with E-state index >= 15 is 0 Å². The second-order valence-corrected chi connectivity index (χ2v) is 4.56. The van der Waals surface area contributed by atoms with E-state index in [9.17, 15) is 0 Å². The van der Waals surface area contributed by atoms with Gasteiger partial charge in [-0.05, 0) is 40.0 Å². The molecule has 3 rings (SSSR count). The Balaban J connectivity index is 2.19. The van der Waals surface area contributed by atoms with Gasteiger partial charge in [-0.3, -0.25) is 4.98 Å². The molecule has 0 N–H and O–H groups in total. The molecule has 3 aromatic rings. The number of fused-ring (bicyclic) bond motifs is 1. The molecule has 0 radical (unpaired) electrons. The van der Waals surface area contributed by atoms with Crippen LogP contribution in [-0.4, -0.2) is 15.3 Å². The minimum atomic E-state index is 0.382. The van der Waals surface area contributed by atoms with Gasteiger partial charge in [-0.2, -0.15) is 0 Å². The highest BCUT2D eigenvalue weighted by Crippen LogP contribution is 2.28. The SMILES string of the molecule is CC(C)c1ncccc1-c1ccc2nonc2c1. The van der Waals surface area contributed by atoms with Crippen molar-refractivity contribution in [1.82, 2.24) is 15.3 Å². The molecular weight excluding hydrogens is 226 g/mol. The first-order valence-electron chi connectivity index (χ1n) is 5.93. The van der Waals surface area contributed by atoms with Crippen molar-refractivity contribution in [2.24, 2.45) is 0 Å². The van der Waals surface area contributed by atoms with Crippen LogP contribution in [0.1, 0.15) is 25.5 Å². The van der Waals surface area contributed by atoms with E-state index in [1.807, 2.05) is 30.5 Å². The van der Waals surface area contributed by atoms with Crippen molar-refractivity contribution in [1.29, 1.82) is 0 Å². The van der Waals surface area contributed by atoms with Gasteiger partial charge in [0, 0.05) is 11.8 Å². The van der Waals surface area contributed by atoms with Gasteiger partial charge in [0.2, 0.25) is 0 Å². The van der Waals surface area contributed by atoms with Gasteiger partial charge in [0.25, 0.3) is 0 Å². The van der Waals surface area contributed by atoms with Crippen LogP contribution in [-0.2, 0) is 0 Å². The van der Waals surface area contributed by atoms with Gasteiger partial charge in [0.15, 0.2) is 0 Å². The molecule has 0 saturated heterocycles. The maximum Gasteiger partial charge on any atom is 0.135 e. The molecule has 0 aliphatic rings. The monoisotopic (exact) mass is 239 g/mol. The molecule has 1 aromatic carbocycles. The largest absolute Gasteiger partial charge is 0.260 e. The van der Waals surface area contributed by atoms with Crippen LogP contribution in [0.4, 0.5) is 0 Å². The molecule has 0 fully saturated rings. The molecule has 90 valence electrons. The van der Waals surface area contributed by atoms with Gasteiger partial charge >= 0.3 is 0 Å². The van der Waals surface area contributed by atoms with Crippen LogP contribution in [0.5, 0.6) is 0 Å². The molecule has 4 heteroatoms. The maximum atomic E-state index is 4.72. The molecule has 0 atom stereocenters. The number of hydrogen-bond donors (Lipinski definition) is 0. The number of aromatic nitrogens is 3. The number of hydrogen-bond acceptors (Lipinski definition) is 4. The van der Waals surface area contributed by atoms with Crippen molar-refractivity contribution in [3.63, 3.8) is 0 Å². The Labute approximate surface area is 105 Å². The normalized spacial score (nSPS) is 11.3. The lowest BCUT2D eigenvalue weighted by Gasteiger charge is -2.11. The fourth-order valence-electron chi connectivity index (χ4n) is 2.07. The predicted octanol–water partition coefficient (Wildman–Crippen LogP) is 3.41. The van der Waals surface area contributed by atoms with Gasteiger partial charge in [-0.15, -0.1) is 0 Å². The smallest absolute Gasteiger partial charge is 0.135 e. The van der Waals surface area contributed by atoms with E-state index in [2.05, 4.69) is 35.2 Å². The van der Waals surface area contributed by atoms with E-state index in [1.54, 1.807) is 0 Å². The molecule has 0 aliphatic heterocycles. The van der Waals surface area contributed by atoms with E-state index in [1.165, 1.54) is 0 Å². The average Bonchev–Trinajstić information content (AvgIpc) is 2.85. The lowest BCUT2D eigenvalue weighted by atomic mass is 9.97. The molecule has 0 spiro atoms. The minimum Gasteiger partial charge on any atom is -0.260 e. The van der Waals surface area contributed by atoms with Crippen LogP contribution in [0.25, 0.3) is 22.2 Å². The molecule has 0 bridgehead atoms. The van der Waals surface area contributed by atoms with E-state index in [4.69, 9.17) is 4.63 Å². The first kappa shape index (κ1) is 10.9. The van der Waals surface area contributed by atoms with Gasteiger partial charge in [0.05, 0.1) is 5.69 Å². The van der Waals surface area contributed by atoms with Crippen LogP contribution >= 0.6 is 0 Å². The average molecular weight is 239 g/mol. The number of nitrogens with zero attached hydrogens (tertiary/aromatic N) is 3. The third-order valence-corrected chi connectivity index (χ3v) is 2.95. The summed E-state index contributed by atoms with van der Waals surface area (Å²) in [7, 11) is 0. The van der Waals surface area contributed by atoms with Gasteiger partial charge < -0.3 is 0 Å². The van der Waals surface area contributed by atoms with Gasteiger partial charge in [-0.1, -0.05) is 26.0 Å². The van der Waals surface area contributed by atoms with Crippen LogP contribution in [0.2, 0.25) is 0 Å². The van der Waals surface area contributed by atoms with E-state index < -0.39 is 0 Å². The Morgan fingerprint density at radius 1 is 1.06 bits per heavy atom. The van der Waals surface area contributed by atoms with Crippen molar-refractivity contribution >= 4 is 11.0 Å². The van der Waals surface area contributed by atoms with Crippen LogP contribution in [0, 0.1) is 0 Å². The summed E-state index contributed by atoms with van der Waals surface area (Å²) >= 11 is 0. The van der Waals surface area contributed by atoms with Crippen molar-refractivity contribution < 1.29 is 4.63 Å². The maximum absolute atomic E-state index is 4.72. The molecular formula is C14H13N3O. The number of benzene rings is 1. The summed E-state index contributed by atoms with van der Waals surface area (Å²) in [6.45, 7) is 4.28. The summed E-state index contributed by atoms with van der Waals surface area (Å²) in [6, 6.07) is 9.95. The zero-order chi connectivity index (χ0) is 12.5. The summed E-state index contributed by atoms with van der Waals surface area (Å²) in [5.74, 6) is 0.382. The summed E-state index contributed by atoms with van der Waals surface area (Å²) < 4.78 is 4.72. The quantitative estimate of drug-likeness (QED) is 0.687. The highest BCUT2D eigenvalue weighted by molar-refractivity contribution is 5.81. The molecule has 0 saturated carbocycles. The lowest BCUT2D eigenvalue weighted by molar-refractivity contribution is 0.315. The van der Waals surface area contributed by atoms with Crippen molar-refractivity contribution in [3.05, 3.63) is 42.2 Å². The zero-order valence-electron chi connectivity index (χ0n) is 10.3. The van der Waals surface area contributed by atoms with Crippen LogP contribution in [0.3, 0.4) is 0 Å². The number of pyridine rings is 1. The molecule has 18 heavy (non-hydrogen) atoms. The fourth-order valence-corrected chi connectivity index (χ4v) is 2.07. The fraction of sp³-hybridized carbons (Fsp3) is 0.214. The summed E-state index contributed by atoms with van der Waals surface area (Å²) in [6.07, 6.45) is 1.83. The Kier molecular flexibility index (Phi) is 2.55. The third-order valence-electron chi connectivity index (χ3n) is 2.95. The summed E-state index contributed by atoms with van der Waals surface area (Å²) in [4.78, 5) is 4.46. The Morgan fingerprint density at radius 2 is 1.89 bits per heavy atom. The molecule has 0 unspecified atom stereocenters. The molecule has 0 aliphatic carbocycles. The minimum absolute atomic E-state index is 0.382. The molecule has 0 amide bonds. The lowest BCUT2D eigenvalue weighted by Crippen LogP contribution is -1.95. The molecule has 2 aromatic heterocycles. The van der Waals surface area contributed by atoms with Crippen LogP contribution < -0.4 is 0 Å². The van der Waals surface area contributed by atoms with E-state index in [-0.39, 0.29) is 0 Å². The van der Waals surface area contributed by atoms with E-state index in [0.717, 1.165) is 27.9 Å². The Hall–Kier alpha value is -2.23. The van der Waals surface area contributed by atoms with Gasteiger partial charge in [0.1, 0.15) is 11.0 Å². The predicted molar refractivity (Wildman–Crippen MR) is 69.1 cm³/mol. The first-order valence-corrected chi connectivity index (χ1v) is 5.93. The Morgan fingerprint density at radius 3 is 2.72 bits per heavy atom. The van der Waals surface area contributed by atoms with Crippen molar-refractivity contribution in [2.75, 3.05) is 0 Å². The highest BCUT2D eigenvalue weighted by Gasteiger charge is 2.10. The van der Waals surface area contributed by atoms with Gasteiger partial charge in [-0.25, -0.2) is 4.63 Å². The Bertz CT molecular complexity index is 688. The zero-order valence-corrected chi connectivity index (χ0v) is 10.3. The van der Waals surface area contributed by atoms with Crippen molar-refractivity contribution in [2.45, 2.75) is 19.8 Å². The molecule has 4 nitrogen and oxygen atoms in total. The van der Waals surface area contributed by atoms with Crippen molar-refractivity contribution in [3.8, 4) is 11.1 Å². The third kappa shape index (κ3) is 1.76. The molecule has 2 heterocycles.